The maximum Gasteiger partial charge on any atom is 0.243 e. The fraction of sp³-hybridized carbons (Fsp3) is 0.842. The van der Waals surface area contributed by atoms with E-state index in [0.717, 1.165) is 0 Å². The number of aromatic nitrogens is 4. The van der Waals surface area contributed by atoms with Crippen molar-refractivity contribution in [3.63, 3.8) is 0 Å². The number of nitrogens with zero attached hydrogens (tertiary/aromatic N) is 4. The van der Waals surface area contributed by atoms with E-state index in [9.17, 15) is 0 Å². The van der Waals surface area contributed by atoms with Crippen LogP contribution in [-0.2, 0) is 26.2 Å². The van der Waals surface area contributed by atoms with E-state index in [1.165, 1.54) is 193 Å². The summed E-state index contributed by atoms with van der Waals surface area (Å²) in [6, 6.07) is 0. The molecule has 0 spiro atoms. The quantitative estimate of drug-likeness (QED) is 0.0619. The zero-order valence-corrected chi connectivity index (χ0v) is 28.5. The van der Waals surface area contributed by atoms with Crippen LogP contribution < -0.4 is 9.13 Å². The van der Waals surface area contributed by atoms with Gasteiger partial charge in [-0.05, 0) is 51.4 Å². The number of hydrogen-bond acceptors (Lipinski definition) is 0. The van der Waals surface area contributed by atoms with Crippen molar-refractivity contribution in [2.45, 2.75) is 207 Å². The van der Waals surface area contributed by atoms with E-state index in [4.69, 9.17) is 0 Å². The molecule has 0 unspecified atom stereocenters. The molecule has 2 rings (SSSR count). The van der Waals surface area contributed by atoms with Crippen LogP contribution >= 0.6 is 0 Å². The molecule has 2 aromatic rings. The first-order valence-electron chi connectivity index (χ1n) is 18.9. The second-order valence-corrected chi connectivity index (χ2v) is 13.3. The Balaban J connectivity index is 1.32. The van der Waals surface area contributed by atoms with Crippen molar-refractivity contribution in [3.05, 3.63) is 37.4 Å². The van der Waals surface area contributed by atoms with Gasteiger partial charge in [0.15, 0.2) is 0 Å². The van der Waals surface area contributed by atoms with Gasteiger partial charge < -0.3 is 0 Å². The van der Waals surface area contributed by atoms with Crippen LogP contribution in [0.3, 0.4) is 0 Å². The van der Waals surface area contributed by atoms with Gasteiger partial charge in [-0.3, -0.25) is 0 Å². The molecule has 0 fully saturated rings. The molecule has 2 aromatic heterocycles. The SMILES string of the molecule is CCCCCCCCCCn1cc[n+](CCCCCCCCCCCC[n+]2ccn(CCCCCCCCCC)c2)c1. The molecule has 42 heavy (non-hydrogen) atoms. The summed E-state index contributed by atoms with van der Waals surface area (Å²) in [6.45, 7) is 9.34. The van der Waals surface area contributed by atoms with Crippen LogP contribution in [-0.4, -0.2) is 9.13 Å². The molecule has 0 atom stereocenters. The van der Waals surface area contributed by atoms with Crippen LogP contribution in [0.4, 0.5) is 0 Å². The predicted octanol–water partition coefficient (Wildman–Crippen LogP) is 10.7. The van der Waals surface area contributed by atoms with Gasteiger partial charge in [0, 0.05) is 0 Å². The van der Waals surface area contributed by atoms with Crippen LogP contribution in [0.5, 0.6) is 0 Å². The molecule has 0 saturated carbocycles. The zero-order chi connectivity index (χ0) is 29.8. The number of aryl methyl sites for hydroxylation is 4. The van der Waals surface area contributed by atoms with Gasteiger partial charge in [-0.1, -0.05) is 129 Å². The van der Waals surface area contributed by atoms with E-state index in [0.29, 0.717) is 0 Å². The average Bonchev–Trinajstić information content (AvgIpc) is 3.66. The third kappa shape index (κ3) is 20.3. The molecule has 0 aromatic carbocycles. The Morgan fingerprint density at radius 1 is 0.357 bits per heavy atom. The second-order valence-electron chi connectivity index (χ2n) is 13.3. The standard InChI is InChI=1S/C38H72N4/c1-3-5-7-9-11-17-21-25-29-39-33-35-41(37-39)31-27-23-19-15-13-14-16-20-24-28-32-42-36-34-40(38-42)30-26-22-18-12-10-8-6-4-2/h33-38H,3-32H2,1-2H3/q+2. The smallest absolute Gasteiger partial charge is 0.237 e. The number of unbranched alkanes of at least 4 members (excludes halogenated alkanes) is 23. The Bertz CT molecular complexity index is 754. The van der Waals surface area contributed by atoms with Crippen LogP contribution in [0.25, 0.3) is 0 Å². The number of imidazole rings is 2. The first kappa shape index (κ1) is 36.6. The van der Waals surface area contributed by atoms with E-state index >= 15 is 0 Å². The van der Waals surface area contributed by atoms with Crippen LogP contribution in [0.1, 0.15) is 181 Å². The minimum absolute atomic E-state index is 1.19. The van der Waals surface area contributed by atoms with Crippen molar-refractivity contribution < 1.29 is 9.13 Å². The summed E-state index contributed by atoms with van der Waals surface area (Å²) < 4.78 is 9.58. The molecule has 0 N–H and O–H groups in total. The van der Waals surface area contributed by atoms with Gasteiger partial charge in [0.25, 0.3) is 0 Å². The summed E-state index contributed by atoms with van der Waals surface area (Å²) in [4.78, 5) is 0. The second kappa shape index (κ2) is 27.0. The van der Waals surface area contributed by atoms with Gasteiger partial charge >= 0.3 is 0 Å². The average molecular weight is 585 g/mol. The van der Waals surface area contributed by atoms with Crippen molar-refractivity contribution in [3.8, 4) is 0 Å². The third-order valence-electron chi connectivity index (χ3n) is 9.11. The number of rotatable bonds is 31. The van der Waals surface area contributed by atoms with Gasteiger partial charge in [0.1, 0.15) is 24.8 Å². The predicted molar refractivity (Wildman–Crippen MR) is 181 cm³/mol. The molecule has 0 aliphatic heterocycles. The van der Waals surface area contributed by atoms with Gasteiger partial charge in [-0.2, -0.15) is 0 Å². The van der Waals surface area contributed by atoms with E-state index < -0.39 is 0 Å². The van der Waals surface area contributed by atoms with Gasteiger partial charge in [-0.15, -0.1) is 0 Å². The highest BCUT2D eigenvalue weighted by Crippen LogP contribution is 2.12. The monoisotopic (exact) mass is 585 g/mol. The molecule has 242 valence electrons. The molecule has 0 radical (unpaired) electrons. The normalized spacial score (nSPS) is 11.6. The first-order chi connectivity index (χ1) is 20.8. The summed E-state index contributed by atoms with van der Waals surface area (Å²) in [6.07, 6.45) is 50.1. The van der Waals surface area contributed by atoms with Gasteiger partial charge in [0.2, 0.25) is 12.7 Å². The Morgan fingerprint density at radius 2 is 0.643 bits per heavy atom. The maximum absolute atomic E-state index is 2.40. The highest BCUT2D eigenvalue weighted by molar-refractivity contribution is 4.67. The first-order valence-corrected chi connectivity index (χ1v) is 18.9. The summed E-state index contributed by atoms with van der Waals surface area (Å²) in [5, 5.41) is 0. The summed E-state index contributed by atoms with van der Waals surface area (Å²) in [5.74, 6) is 0. The van der Waals surface area contributed by atoms with Crippen molar-refractivity contribution in [2.75, 3.05) is 0 Å². The highest BCUT2D eigenvalue weighted by atomic mass is 15.1. The fourth-order valence-corrected chi connectivity index (χ4v) is 6.27. The minimum atomic E-state index is 1.19. The van der Waals surface area contributed by atoms with E-state index in [1.54, 1.807) is 0 Å². The molecular formula is C38H72N4+2. The summed E-state index contributed by atoms with van der Waals surface area (Å²) in [7, 11) is 0. The van der Waals surface area contributed by atoms with Gasteiger partial charge in [-0.25, -0.2) is 18.3 Å². The molecule has 0 amide bonds. The van der Waals surface area contributed by atoms with Crippen molar-refractivity contribution in [2.24, 2.45) is 0 Å². The molecule has 2 heterocycles. The molecule has 4 heteroatoms. The van der Waals surface area contributed by atoms with Crippen molar-refractivity contribution in [1.82, 2.24) is 9.13 Å². The Hall–Kier alpha value is -1.58. The summed E-state index contributed by atoms with van der Waals surface area (Å²) >= 11 is 0. The van der Waals surface area contributed by atoms with Gasteiger partial charge in [0.05, 0.1) is 26.2 Å². The number of hydrogen-bond donors (Lipinski definition) is 0. The lowest BCUT2D eigenvalue weighted by molar-refractivity contribution is -0.697. The molecule has 0 saturated heterocycles. The maximum atomic E-state index is 2.40. The Kier molecular flexibility index (Phi) is 23.5. The molecule has 0 aliphatic rings. The highest BCUT2D eigenvalue weighted by Gasteiger charge is 2.05. The largest absolute Gasteiger partial charge is 0.243 e. The molecular weight excluding hydrogens is 512 g/mol. The van der Waals surface area contributed by atoms with Crippen molar-refractivity contribution in [1.29, 1.82) is 0 Å². The third-order valence-corrected chi connectivity index (χ3v) is 9.11. The van der Waals surface area contributed by atoms with Crippen LogP contribution in [0.2, 0.25) is 0 Å². The summed E-state index contributed by atoms with van der Waals surface area (Å²) in [5.41, 5.74) is 0. The van der Waals surface area contributed by atoms with Crippen LogP contribution in [0.15, 0.2) is 37.4 Å². The topological polar surface area (TPSA) is 17.6 Å². The van der Waals surface area contributed by atoms with E-state index in [1.807, 2.05) is 0 Å². The lowest BCUT2D eigenvalue weighted by Crippen LogP contribution is -2.30. The minimum Gasteiger partial charge on any atom is -0.237 e. The van der Waals surface area contributed by atoms with E-state index in [-0.39, 0.29) is 0 Å². The fourth-order valence-electron chi connectivity index (χ4n) is 6.27. The van der Waals surface area contributed by atoms with Crippen LogP contribution in [0, 0.1) is 0 Å². The molecule has 4 nitrogen and oxygen atoms in total. The lowest BCUT2D eigenvalue weighted by Gasteiger charge is -2.02. The molecule has 0 aliphatic carbocycles. The lowest BCUT2D eigenvalue weighted by atomic mass is 10.1. The Labute approximate surface area is 262 Å². The molecule has 0 bridgehead atoms. The zero-order valence-electron chi connectivity index (χ0n) is 28.5. The van der Waals surface area contributed by atoms with E-state index in [2.05, 4.69) is 69.6 Å². The Morgan fingerprint density at radius 3 is 0.976 bits per heavy atom. The van der Waals surface area contributed by atoms with Crippen molar-refractivity contribution >= 4 is 0 Å².